The van der Waals surface area contributed by atoms with Gasteiger partial charge in [0.2, 0.25) is 0 Å². The average Bonchev–Trinajstić information content (AvgIpc) is 2.84. The van der Waals surface area contributed by atoms with Crippen molar-refractivity contribution in [2.24, 2.45) is 5.92 Å². The van der Waals surface area contributed by atoms with E-state index >= 15 is 0 Å². The Labute approximate surface area is 91.1 Å². The van der Waals surface area contributed by atoms with E-state index in [0.717, 1.165) is 30.5 Å². The maximum absolute atomic E-state index is 4.24. The van der Waals surface area contributed by atoms with Crippen LogP contribution in [0, 0.1) is 12.8 Å². The highest BCUT2D eigenvalue weighted by Crippen LogP contribution is 2.15. The lowest BCUT2D eigenvalue weighted by atomic mass is 10.0. The molecule has 1 atom stereocenters. The van der Waals surface area contributed by atoms with Crippen LogP contribution in [0.2, 0.25) is 0 Å². The molecule has 1 saturated heterocycles. The number of rotatable bonds is 4. The fraction of sp³-hybridized carbons (Fsp3) is 0.818. The van der Waals surface area contributed by atoms with Gasteiger partial charge in [0, 0.05) is 13.0 Å². The normalized spacial score (nSPS) is 21.1. The van der Waals surface area contributed by atoms with Crippen molar-refractivity contribution in [2.75, 3.05) is 13.1 Å². The van der Waals surface area contributed by atoms with Gasteiger partial charge in [0.05, 0.1) is 0 Å². The first-order chi connectivity index (χ1) is 7.31. The Kier molecular flexibility index (Phi) is 3.36. The molecular formula is C11H20N4. The number of hydrogen-bond acceptors (Lipinski definition) is 3. The minimum atomic E-state index is 0.840. The van der Waals surface area contributed by atoms with E-state index in [0.29, 0.717) is 0 Å². The zero-order chi connectivity index (χ0) is 10.7. The van der Waals surface area contributed by atoms with Gasteiger partial charge in [-0.2, -0.15) is 0 Å². The van der Waals surface area contributed by atoms with Crippen LogP contribution in [0.3, 0.4) is 0 Å². The summed E-state index contributed by atoms with van der Waals surface area (Å²) in [5, 5.41) is 11.8. The van der Waals surface area contributed by atoms with Crippen LogP contribution in [0.1, 0.15) is 31.4 Å². The van der Waals surface area contributed by atoms with Crippen LogP contribution >= 0.6 is 0 Å². The second-order valence-corrected chi connectivity index (χ2v) is 4.31. The highest BCUT2D eigenvalue weighted by atomic mass is 15.3. The summed E-state index contributed by atoms with van der Waals surface area (Å²) in [4.78, 5) is 0. The van der Waals surface area contributed by atoms with Gasteiger partial charge in [0.15, 0.2) is 0 Å². The van der Waals surface area contributed by atoms with Crippen LogP contribution in [0.15, 0.2) is 0 Å². The van der Waals surface area contributed by atoms with E-state index in [9.17, 15) is 0 Å². The number of nitrogens with one attached hydrogen (secondary N) is 1. The van der Waals surface area contributed by atoms with Gasteiger partial charge >= 0.3 is 0 Å². The molecule has 0 saturated carbocycles. The van der Waals surface area contributed by atoms with Gasteiger partial charge in [0.1, 0.15) is 11.6 Å². The molecule has 0 aliphatic carbocycles. The van der Waals surface area contributed by atoms with Crippen molar-refractivity contribution < 1.29 is 0 Å². The van der Waals surface area contributed by atoms with Crippen molar-refractivity contribution in [2.45, 2.75) is 39.7 Å². The third-order valence-electron chi connectivity index (χ3n) is 3.27. The zero-order valence-electron chi connectivity index (χ0n) is 9.66. The van der Waals surface area contributed by atoms with Gasteiger partial charge in [-0.25, -0.2) is 0 Å². The highest BCUT2D eigenvalue weighted by molar-refractivity contribution is 4.94. The molecule has 0 spiro atoms. The lowest BCUT2D eigenvalue weighted by molar-refractivity contribution is 0.513. The molecule has 0 aromatic carbocycles. The molecule has 1 fully saturated rings. The molecule has 0 radical (unpaired) electrons. The van der Waals surface area contributed by atoms with Gasteiger partial charge in [0.25, 0.3) is 0 Å². The van der Waals surface area contributed by atoms with Crippen LogP contribution in [-0.4, -0.2) is 27.9 Å². The lowest BCUT2D eigenvalue weighted by Gasteiger charge is -2.08. The Hall–Kier alpha value is -0.900. The largest absolute Gasteiger partial charge is 0.316 e. The van der Waals surface area contributed by atoms with Gasteiger partial charge in [-0.3, -0.25) is 0 Å². The maximum atomic E-state index is 4.24. The summed E-state index contributed by atoms with van der Waals surface area (Å²) < 4.78 is 2.21. The molecule has 1 unspecified atom stereocenters. The fourth-order valence-electron chi connectivity index (χ4n) is 2.32. The highest BCUT2D eigenvalue weighted by Gasteiger charge is 2.16. The van der Waals surface area contributed by atoms with Crippen molar-refractivity contribution in [3.8, 4) is 0 Å². The molecular weight excluding hydrogens is 188 g/mol. The first-order valence-electron chi connectivity index (χ1n) is 5.90. The maximum Gasteiger partial charge on any atom is 0.132 e. The summed E-state index contributed by atoms with van der Waals surface area (Å²) in [5.74, 6) is 3.03. The Morgan fingerprint density at radius 1 is 1.47 bits per heavy atom. The molecule has 2 heterocycles. The molecule has 1 aromatic heterocycles. The monoisotopic (exact) mass is 208 g/mol. The summed E-state index contributed by atoms with van der Waals surface area (Å²) in [6.45, 7) is 7.52. The second kappa shape index (κ2) is 4.75. The minimum absolute atomic E-state index is 0.840. The smallest absolute Gasteiger partial charge is 0.132 e. The summed E-state index contributed by atoms with van der Waals surface area (Å²) in [6, 6.07) is 0. The van der Waals surface area contributed by atoms with E-state index < -0.39 is 0 Å². The molecule has 84 valence electrons. The number of aromatic nitrogens is 3. The van der Waals surface area contributed by atoms with E-state index in [1.165, 1.54) is 25.9 Å². The molecule has 4 nitrogen and oxygen atoms in total. The Balaban J connectivity index is 1.92. The summed E-state index contributed by atoms with van der Waals surface area (Å²) in [6.07, 6.45) is 3.63. The summed E-state index contributed by atoms with van der Waals surface area (Å²) in [5.41, 5.74) is 0. The molecule has 1 aliphatic heterocycles. The van der Waals surface area contributed by atoms with Crippen molar-refractivity contribution >= 4 is 0 Å². The van der Waals surface area contributed by atoms with E-state index in [1.807, 2.05) is 6.92 Å². The van der Waals surface area contributed by atoms with Crippen molar-refractivity contribution in [3.05, 3.63) is 11.6 Å². The van der Waals surface area contributed by atoms with E-state index in [-0.39, 0.29) is 0 Å². The summed E-state index contributed by atoms with van der Waals surface area (Å²) >= 11 is 0. The molecule has 0 amide bonds. The van der Waals surface area contributed by atoms with Crippen molar-refractivity contribution in [3.63, 3.8) is 0 Å². The van der Waals surface area contributed by atoms with Gasteiger partial charge < -0.3 is 9.88 Å². The van der Waals surface area contributed by atoms with E-state index in [4.69, 9.17) is 0 Å². The minimum Gasteiger partial charge on any atom is -0.316 e. The van der Waals surface area contributed by atoms with Crippen LogP contribution < -0.4 is 5.32 Å². The molecule has 4 heteroatoms. The standard InChI is InChI=1S/C11H20N4/c1-3-15-9(2)13-14-11(15)5-4-10-6-7-12-8-10/h10,12H,3-8H2,1-2H3. The Morgan fingerprint density at radius 2 is 2.33 bits per heavy atom. The predicted octanol–water partition coefficient (Wildman–Crippen LogP) is 1.15. The molecule has 2 rings (SSSR count). The fourth-order valence-corrected chi connectivity index (χ4v) is 2.32. The van der Waals surface area contributed by atoms with Crippen LogP contribution in [0.5, 0.6) is 0 Å². The van der Waals surface area contributed by atoms with Gasteiger partial charge in [-0.05, 0) is 45.7 Å². The average molecular weight is 208 g/mol. The van der Waals surface area contributed by atoms with Gasteiger partial charge in [-0.15, -0.1) is 10.2 Å². The number of nitrogens with zero attached hydrogens (tertiary/aromatic N) is 3. The third kappa shape index (κ3) is 2.37. The molecule has 1 N–H and O–H groups in total. The molecule has 15 heavy (non-hydrogen) atoms. The third-order valence-corrected chi connectivity index (χ3v) is 3.27. The van der Waals surface area contributed by atoms with Crippen LogP contribution in [0.25, 0.3) is 0 Å². The lowest BCUT2D eigenvalue weighted by Crippen LogP contribution is -2.11. The molecule has 0 bridgehead atoms. The Morgan fingerprint density at radius 3 is 3.00 bits per heavy atom. The van der Waals surface area contributed by atoms with E-state index in [2.05, 4.69) is 27.0 Å². The first kappa shape index (κ1) is 10.6. The Bertz CT molecular complexity index is 312. The molecule has 1 aliphatic rings. The topological polar surface area (TPSA) is 42.7 Å². The quantitative estimate of drug-likeness (QED) is 0.807. The number of aryl methyl sites for hydroxylation is 2. The van der Waals surface area contributed by atoms with Crippen LogP contribution in [0.4, 0.5) is 0 Å². The van der Waals surface area contributed by atoms with Crippen LogP contribution in [-0.2, 0) is 13.0 Å². The zero-order valence-corrected chi connectivity index (χ0v) is 9.66. The SMILES string of the molecule is CCn1c(C)nnc1CCC1CCNC1. The number of hydrogen-bond donors (Lipinski definition) is 1. The van der Waals surface area contributed by atoms with Crippen molar-refractivity contribution in [1.29, 1.82) is 0 Å². The van der Waals surface area contributed by atoms with Gasteiger partial charge in [-0.1, -0.05) is 0 Å². The first-order valence-corrected chi connectivity index (χ1v) is 5.90. The van der Waals surface area contributed by atoms with Crippen molar-refractivity contribution in [1.82, 2.24) is 20.1 Å². The predicted molar refractivity (Wildman–Crippen MR) is 59.7 cm³/mol. The molecule has 1 aromatic rings. The summed E-state index contributed by atoms with van der Waals surface area (Å²) in [7, 11) is 0. The second-order valence-electron chi connectivity index (χ2n) is 4.31. The van der Waals surface area contributed by atoms with E-state index in [1.54, 1.807) is 0 Å².